The average Bonchev–Trinajstić information content (AvgIpc) is 1.41. The molecule has 0 aliphatic carbocycles. The van der Waals surface area contributed by atoms with Crippen molar-refractivity contribution < 1.29 is 17.1 Å². The van der Waals surface area contributed by atoms with Gasteiger partial charge in [-0.3, -0.25) is 0 Å². The molecule has 0 N–H and O–H groups in total. The van der Waals surface area contributed by atoms with E-state index >= 15 is 0 Å². The summed E-state index contributed by atoms with van der Waals surface area (Å²) < 4.78 is 0. The van der Waals surface area contributed by atoms with Gasteiger partial charge >= 0.3 is 17.1 Å². The Hall–Kier alpha value is 0.0795. The second kappa shape index (κ2) is 16.5. The monoisotopic (exact) mass is 145 g/mol. The predicted octanol–water partition coefficient (Wildman–Crippen LogP) is 1.82. The van der Waals surface area contributed by atoms with Gasteiger partial charge < -0.3 is 18.8 Å². The summed E-state index contributed by atoms with van der Waals surface area (Å²) in [5, 5.41) is 0. The van der Waals surface area contributed by atoms with Crippen molar-refractivity contribution in [2.45, 2.75) is 20.8 Å². The quantitative estimate of drug-likeness (QED) is 0.277. The van der Waals surface area contributed by atoms with E-state index in [1.807, 2.05) is 0 Å². The largest absolute Gasteiger partial charge is 2.00 e. The predicted molar refractivity (Wildman–Crippen MR) is 28.5 cm³/mol. The van der Waals surface area contributed by atoms with Crippen LogP contribution in [-0.2, 0) is 17.1 Å². The first kappa shape index (κ1) is 15.7. The SMILES string of the molecule is C[C-](C)C.[C-]#C.[Cu+2]. The van der Waals surface area contributed by atoms with Crippen molar-refractivity contribution >= 4 is 0 Å². The van der Waals surface area contributed by atoms with E-state index in [-0.39, 0.29) is 17.1 Å². The topological polar surface area (TPSA) is 0 Å². The van der Waals surface area contributed by atoms with Crippen LogP contribution in [0.4, 0.5) is 0 Å². The van der Waals surface area contributed by atoms with Gasteiger partial charge in [0, 0.05) is 0 Å². The van der Waals surface area contributed by atoms with Crippen LogP contribution in [0.25, 0.3) is 0 Å². The Labute approximate surface area is 57.2 Å². The van der Waals surface area contributed by atoms with Gasteiger partial charge in [-0.2, -0.15) is 20.8 Å². The van der Waals surface area contributed by atoms with Gasteiger partial charge in [0.2, 0.25) is 0 Å². The average molecular weight is 146 g/mol. The molecular weight excluding hydrogens is 136 g/mol. The van der Waals surface area contributed by atoms with Gasteiger partial charge in [0.25, 0.3) is 0 Å². The third kappa shape index (κ3) is 16000. The molecule has 0 aliphatic rings. The molecule has 0 rings (SSSR count). The molecule has 0 aromatic carbocycles. The molecule has 0 saturated carbocycles. The summed E-state index contributed by atoms with van der Waals surface area (Å²) in [5.74, 6) is 1.42. The zero-order chi connectivity index (χ0) is 5.58. The summed E-state index contributed by atoms with van der Waals surface area (Å²) in [6.45, 7) is 6.25. The molecule has 0 bridgehead atoms. The van der Waals surface area contributed by atoms with Gasteiger partial charge in [-0.25, -0.2) is 0 Å². The van der Waals surface area contributed by atoms with Crippen molar-refractivity contribution in [2.75, 3.05) is 0 Å². The molecule has 0 aromatic heterocycles. The van der Waals surface area contributed by atoms with Crippen LogP contribution in [0.3, 0.4) is 0 Å². The molecule has 0 amide bonds. The summed E-state index contributed by atoms with van der Waals surface area (Å²) in [5.41, 5.74) is 0. The molecule has 1 radical (unpaired) electrons. The van der Waals surface area contributed by atoms with E-state index in [4.69, 9.17) is 6.42 Å². The zero-order valence-corrected chi connectivity index (χ0v) is 5.82. The van der Waals surface area contributed by atoms with Crippen LogP contribution in [0.5, 0.6) is 0 Å². The Morgan fingerprint density at radius 2 is 1.14 bits per heavy atom. The van der Waals surface area contributed by atoms with Crippen molar-refractivity contribution in [3.63, 3.8) is 0 Å². The second-order valence-electron chi connectivity index (χ2n) is 1.50. The minimum absolute atomic E-state index is 0. The van der Waals surface area contributed by atoms with Crippen LogP contribution in [0.1, 0.15) is 20.8 Å². The third-order valence-electron chi connectivity index (χ3n) is 0. The fourth-order valence-electron chi connectivity index (χ4n) is 0. The number of hydrogen-bond acceptors (Lipinski definition) is 0. The Bertz CT molecular complexity index is 25.7. The van der Waals surface area contributed by atoms with Crippen molar-refractivity contribution in [2.24, 2.45) is 0 Å². The van der Waals surface area contributed by atoms with Gasteiger partial charge in [-0.15, -0.1) is 0 Å². The van der Waals surface area contributed by atoms with E-state index in [0.29, 0.717) is 0 Å². The van der Waals surface area contributed by atoms with Crippen molar-refractivity contribution in [3.8, 4) is 6.42 Å². The van der Waals surface area contributed by atoms with E-state index in [2.05, 4.69) is 27.2 Å². The molecule has 0 aliphatic heterocycles. The normalized spacial score (nSPS) is 5.43. The van der Waals surface area contributed by atoms with Crippen molar-refractivity contribution in [1.29, 1.82) is 0 Å². The maximum atomic E-state index is 5.25. The van der Waals surface area contributed by atoms with Gasteiger partial charge in [0.05, 0.1) is 0 Å². The molecule has 1 heteroatoms. The number of hydrogen-bond donors (Lipinski definition) is 0. The van der Waals surface area contributed by atoms with Gasteiger partial charge in [0.1, 0.15) is 0 Å². The Kier molecular flexibility index (Phi) is 37.2. The van der Waals surface area contributed by atoms with E-state index in [1.165, 1.54) is 5.92 Å². The standard InChI is InChI=1S/C4H9.C2H.Cu/c1-4(2)3;1-2;/h1-3H3;1H;/q2*-1;+2. The van der Waals surface area contributed by atoms with E-state index < -0.39 is 0 Å². The van der Waals surface area contributed by atoms with Crippen LogP contribution < -0.4 is 0 Å². The number of rotatable bonds is 0. The molecule has 0 unspecified atom stereocenters. The molecule has 45 valence electrons. The summed E-state index contributed by atoms with van der Waals surface area (Å²) in [7, 11) is 0. The number of terminal acetylenes is 1. The Morgan fingerprint density at radius 1 is 1.14 bits per heavy atom. The first-order valence-electron chi connectivity index (χ1n) is 1.79. The van der Waals surface area contributed by atoms with E-state index in [9.17, 15) is 0 Å². The second-order valence-corrected chi connectivity index (χ2v) is 1.50. The van der Waals surface area contributed by atoms with E-state index in [1.54, 1.807) is 0 Å². The summed E-state index contributed by atoms with van der Waals surface area (Å²) in [4.78, 5) is 0. The molecule has 0 spiro atoms. The summed E-state index contributed by atoms with van der Waals surface area (Å²) in [6.07, 6.45) is 9.00. The minimum Gasteiger partial charge on any atom is -0.697 e. The summed E-state index contributed by atoms with van der Waals surface area (Å²) >= 11 is 0. The fourth-order valence-corrected chi connectivity index (χ4v) is 0. The molecule has 0 nitrogen and oxygen atoms in total. The smallest absolute Gasteiger partial charge is 0.697 e. The van der Waals surface area contributed by atoms with Crippen LogP contribution >= 0.6 is 0 Å². The van der Waals surface area contributed by atoms with Crippen LogP contribution in [0, 0.1) is 18.8 Å². The van der Waals surface area contributed by atoms with Crippen LogP contribution in [0.15, 0.2) is 0 Å². The third-order valence-corrected chi connectivity index (χ3v) is 0. The molecule has 0 fully saturated rings. The Morgan fingerprint density at radius 3 is 1.14 bits per heavy atom. The first-order chi connectivity index (χ1) is 2.73. The first-order valence-corrected chi connectivity index (χ1v) is 1.79. The molecule has 0 aromatic rings. The van der Waals surface area contributed by atoms with E-state index in [0.717, 1.165) is 0 Å². The van der Waals surface area contributed by atoms with Crippen LogP contribution in [-0.4, -0.2) is 0 Å². The minimum atomic E-state index is 0. The molecule has 0 heterocycles. The maximum Gasteiger partial charge on any atom is 2.00 e. The maximum absolute atomic E-state index is 5.25. The molecular formula is C6H10Cu. The van der Waals surface area contributed by atoms with Gasteiger partial charge in [0.15, 0.2) is 0 Å². The zero-order valence-electron chi connectivity index (χ0n) is 4.88. The molecule has 7 heavy (non-hydrogen) atoms. The van der Waals surface area contributed by atoms with Gasteiger partial charge in [-0.05, 0) is 0 Å². The summed E-state index contributed by atoms with van der Waals surface area (Å²) in [6, 6.07) is 0. The van der Waals surface area contributed by atoms with Crippen LogP contribution in [0.2, 0.25) is 0 Å². The molecule has 0 atom stereocenters. The fraction of sp³-hybridized carbons (Fsp3) is 0.500. The Balaban J connectivity index is -0.0000000480. The van der Waals surface area contributed by atoms with Crippen molar-refractivity contribution in [3.05, 3.63) is 12.3 Å². The van der Waals surface area contributed by atoms with Gasteiger partial charge in [-0.1, -0.05) is 0 Å². The molecule has 0 saturated heterocycles. The van der Waals surface area contributed by atoms with Crippen molar-refractivity contribution in [1.82, 2.24) is 0 Å².